The average Bonchev–Trinajstić information content (AvgIpc) is 2.46. The third kappa shape index (κ3) is 3.52. The molecular weight excluding hydrogens is 267 g/mol. The normalized spacial score (nSPS) is 12.0. The summed E-state index contributed by atoms with van der Waals surface area (Å²) < 4.78 is 19.2. The van der Waals surface area contributed by atoms with Gasteiger partial charge in [0.05, 0.1) is 7.11 Å². The van der Waals surface area contributed by atoms with Crippen LogP contribution in [0.4, 0.5) is 10.1 Å². The van der Waals surface area contributed by atoms with Gasteiger partial charge in [0, 0.05) is 30.9 Å². The largest absolute Gasteiger partial charge is 0.497 e. The Bertz CT molecular complexity index is 613. The van der Waals surface area contributed by atoms with Crippen LogP contribution in [0.1, 0.15) is 24.1 Å². The maximum atomic E-state index is 14.0. The highest BCUT2D eigenvalue weighted by molar-refractivity contribution is 5.55. The molecule has 2 rings (SSSR count). The van der Waals surface area contributed by atoms with Crippen molar-refractivity contribution in [3.63, 3.8) is 0 Å². The molecule has 3 nitrogen and oxygen atoms in total. The Morgan fingerprint density at radius 3 is 2.62 bits per heavy atom. The van der Waals surface area contributed by atoms with Crippen LogP contribution in [0.2, 0.25) is 0 Å². The van der Waals surface area contributed by atoms with Crippen LogP contribution >= 0.6 is 0 Å². The van der Waals surface area contributed by atoms with Gasteiger partial charge in [-0.05, 0) is 36.8 Å². The van der Waals surface area contributed by atoms with Crippen LogP contribution in [0, 0.1) is 5.82 Å². The number of hydrogen-bond donors (Lipinski definition) is 1. The second kappa shape index (κ2) is 6.59. The third-order valence-corrected chi connectivity index (χ3v) is 3.45. The molecular formula is C17H21FN2O. The van der Waals surface area contributed by atoms with Gasteiger partial charge in [0.1, 0.15) is 11.6 Å². The van der Waals surface area contributed by atoms with Crippen LogP contribution in [-0.2, 0) is 6.54 Å². The number of nitrogens with two attached hydrogens (primary N) is 1. The van der Waals surface area contributed by atoms with E-state index in [1.54, 1.807) is 20.1 Å². The number of halogens is 1. The van der Waals surface area contributed by atoms with Crippen molar-refractivity contribution >= 4 is 5.69 Å². The minimum atomic E-state index is -0.353. The highest BCUT2D eigenvalue weighted by atomic mass is 19.1. The molecule has 0 aliphatic carbocycles. The Hall–Kier alpha value is -2.07. The van der Waals surface area contributed by atoms with E-state index in [2.05, 4.69) is 0 Å². The third-order valence-electron chi connectivity index (χ3n) is 3.45. The molecule has 0 saturated carbocycles. The number of benzene rings is 2. The molecule has 2 aromatic carbocycles. The van der Waals surface area contributed by atoms with Crippen molar-refractivity contribution < 1.29 is 9.13 Å². The van der Waals surface area contributed by atoms with Crippen LogP contribution in [0.5, 0.6) is 5.75 Å². The van der Waals surface area contributed by atoms with E-state index in [1.807, 2.05) is 42.3 Å². The minimum absolute atomic E-state index is 0.264. The van der Waals surface area contributed by atoms with Crippen molar-refractivity contribution in [2.75, 3.05) is 19.1 Å². The van der Waals surface area contributed by atoms with Crippen LogP contribution in [0.15, 0.2) is 42.5 Å². The second-order valence-electron chi connectivity index (χ2n) is 5.17. The van der Waals surface area contributed by atoms with Crippen molar-refractivity contribution in [3.8, 4) is 5.75 Å². The van der Waals surface area contributed by atoms with E-state index >= 15 is 0 Å². The maximum Gasteiger partial charge on any atom is 0.130 e. The zero-order valence-corrected chi connectivity index (χ0v) is 12.6. The van der Waals surface area contributed by atoms with Crippen molar-refractivity contribution in [1.29, 1.82) is 0 Å². The molecule has 112 valence electrons. The highest BCUT2D eigenvalue weighted by Gasteiger charge is 2.15. The van der Waals surface area contributed by atoms with E-state index in [0.717, 1.165) is 17.0 Å². The van der Waals surface area contributed by atoms with Gasteiger partial charge in [-0.25, -0.2) is 4.39 Å². The van der Waals surface area contributed by atoms with Gasteiger partial charge in [0.15, 0.2) is 0 Å². The molecule has 0 amide bonds. The Morgan fingerprint density at radius 1 is 1.24 bits per heavy atom. The zero-order valence-electron chi connectivity index (χ0n) is 12.6. The zero-order chi connectivity index (χ0) is 15.4. The first kappa shape index (κ1) is 15.3. The molecule has 1 unspecified atom stereocenters. The Morgan fingerprint density at radius 2 is 1.95 bits per heavy atom. The highest BCUT2D eigenvalue weighted by Crippen LogP contribution is 2.28. The molecule has 0 bridgehead atoms. The van der Waals surface area contributed by atoms with E-state index < -0.39 is 0 Å². The molecule has 21 heavy (non-hydrogen) atoms. The SMILES string of the molecule is COc1cccc(CN(C)c2cccc(F)c2C(C)N)c1. The first-order valence-electron chi connectivity index (χ1n) is 6.91. The smallest absolute Gasteiger partial charge is 0.130 e. The molecule has 0 fully saturated rings. The summed E-state index contributed by atoms with van der Waals surface area (Å²) in [6, 6.07) is 12.5. The minimum Gasteiger partial charge on any atom is -0.497 e. The molecule has 0 heterocycles. The van der Waals surface area contributed by atoms with Crippen molar-refractivity contribution in [2.45, 2.75) is 19.5 Å². The number of anilines is 1. The number of nitrogens with zero attached hydrogens (tertiary/aromatic N) is 1. The van der Waals surface area contributed by atoms with Crippen LogP contribution in [-0.4, -0.2) is 14.2 Å². The van der Waals surface area contributed by atoms with E-state index in [4.69, 9.17) is 10.5 Å². The van der Waals surface area contributed by atoms with E-state index in [-0.39, 0.29) is 11.9 Å². The van der Waals surface area contributed by atoms with Gasteiger partial charge >= 0.3 is 0 Å². The monoisotopic (exact) mass is 288 g/mol. The summed E-state index contributed by atoms with van der Waals surface area (Å²) in [5, 5.41) is 0. The fourth-order valence-corrected chi connectivity index (χ4v) is 2.44. The molecule has 2 aromatic rings. The quantitative estimate of drug-likeness (QED) is 0.915. The number of ether oxygens (including phenoxy) is 1. The fraction of sp³-hybridized carbons (Fsp3) is 0.294. The summed E-state index contributed by atoms with van der Waals surface area (Å²) in [4.78, 5) is 2.00. The summed E-state index contributed by atoms with van der Waals surface area (Å²) in [6.45, 7) is 2.45. The van der Waals surface area contributed by atoms with Crippen LogP contribution < -0.4 is 15.4 Å². The van der Waals surface area contributed by atoms with Gasteiger partial charge in [-0.15, -0.1) is 0 Å². The van der Waals surface area contributed by atoms with Crippen molar-refractivity contribution in [2.24, 2.45) is 5.73 Å². The lowest BCUT2D eigenvalue weighted by Crippen LogP contribution is -2.21. The first-order valence-corrected chi connectivity index (χ1v) is 6.91. The summed E-state index contributed by atoms with van der Waals surface area (Å²) in [7, 11) is 3.57. The number of hydrogen-bond acceptors (Lipinski definition) is 3. The van der Waals surface area contributed by atoms with E-state index in [9.17, 15) is 4.39 Å². The van der Waals surface area contributed by atoms with Gasteiger partial charge in [0.2, 0.25) is 0 Å². The van der Waals surface area contributed by atoms with Crippen LogP contribution in [0.3, 0.4) is 0 Å². The average molecular weight is 288 g/mol. The standard InChI is InChI=1S/C17H21FN2O/c1-12(19)17-15(18)8-5-9-16(17)20(2)11-13-6-4-7-14(10-13)21-3/h4-10,12H,11,19H2,1-3H3. The van der Waals surface area contributed by atoms with Crippen LogP contribution in [0.25, 0.3) is 0 Å². The van der Waals surface area contributed by atoms with Gasteiger partial charge in [-0.1, -0.05) is 18.2 Å². The lowest BCUT2D eigenvalue weighted by molar-refractivity contribution is 0.414. The van der Waals surface area contributed by atoms with Gasteiger partial charge in [-0.3, -0.25) is 0 Å². The van der Waals surface area contributed by atoms with Gasteiger partial charge < -0.3 is 15.4 Å². The number of methoxy groups -OCH3 is 1. The Labute approximate surface area is 125 Å². The van der Waals surface area contributed by atoms with Gasteiger partial charge in [-0.2, -0.15) is 0 Å². The summed E-state index contributed by atoms with van der Waals surface area (Å²) in [6.07, 6.45) is 0. The lowest BCUT2D eigenvalue weighted by atomic mass is 10.0. The molecule has 0 aliphatic heterocycles. The molecule has 0 radical (unpaired) electrons. The first-order chi connectivity index (χ1) is 10.0. The predicted octanol–water partition coefficient (Wildman–Crippen LogP) is 3.49. The van der Waals surface area contributed by atoms with Gasteiger partial charge in [0.25, 0.3) is 0 Å². The Kier molecular flexibility index (Phi) is 4.81. The molecule has 4 heteroatoms. The lowest BCUT2D eigenvalue weighted by Gasteiger charge is -2.24. The predicted molar refractivity (Wildman–Crippen MR) is 84.1 cm³/mol. The Balaban J connectivity index is 2.28. The topological polar surface area (TPSA) is 38.5 Å². The second-order valence-corrected chi connectivity index (χ2v) is 5.17. The molecule has 0 spiro atoms. The van der Waals surface area contributed by atoms with Crippen molar-refractivity contribution in [1.82, 2.24) is 0 Å². The van der Waals surface area contributed by atoms with E-state index in [1.165, 1.54) is 6.07 Å². The summed E-state index contributed by atoms with van der Waals surface area (Å²) in [5.41, 5.74) is 8.36. The van der Waals surface area contributed by atoms with E-state index in [0.29, 0.717) is 12.1 Å². The molecule has 0 aromatic heterocycles. The maximum absolute atomic E-state index is 14.0. The summed E-state index contributed by atoms with van der Waals surface area (Å²) >= 11 is 0. The number of rotatable bonds is 5. The summed E-state index contributed by atoms with van der Waals surface area (Å²) in [5.74, 6) is 0.549. The molecule has 2 N–H and O–H groups in total. The van der Waals surface area contributed by atoms with Crippen molar-refractivity contribution in [3.05, 3.63) is 59.4 Å². The fourth-order valence-electron chi connectivity index (χ4n) is 2.44. The molecule has 0 saturated heterocycles. The molecule has 0 aliphatic rings. The molecule has 1 atom stereocenters.